The molecule has 1 atom stereocenters. The maximum absolute atomic E-state index is 8.97. The van der Waals surface area contributed by atoms with Gasteiger partial charge in [-0.1, -0.05) is 6.92 Å². The summed E-state index contributed by atoms with van der Waals surface area (Å²) in [5.41, 5.74) is 0. The lowest BCUT2D eigenvalue weighted by atomic mass is 10.2. The Labute approximate surface area is 86.3 Å². The van der Waals surface area contributed by atoms with Crippen molar-refractivity contribution >= 4 is 21.7 Å². The first-order valence-corrected chi connectivity index (χ1v) is 5.05. The van der Waals surface area contributed by atoms with Crippen molar-refractivity contribution in [3.05, 3.63) is 22.8 Å². The predicted octanol–water partition coefficient (Wildman–Crippen LogP) is 2.03. The third-order valence-electron chi connectivity index (χ3n) is 1.81. The molecule has 0 aliphatic carbocycles. The van der Waals surface area contributed by atoms with Crippen LogP contribution in [0.4, 0.5) is 5.82 Å². The number of pyridine rings is 1. The number of aromatic nitrogens is 1. The van der Waals surface area contributed by atoms with Crippen molar-refractivity contribution in [3.63, 3.8) is 0 Å². The molecule has 1 rings (SSSR count). The van der Waals surface area contributed by atoms with E-state index in [0.29, 0.717) is 0 Å². The van der Waals surface area contributed by atoms with Gasteiger partial charge in [-0.3, -0.25) is 0 Å². The van der Waals surface area contributed by atoms with Gasteiger partial charge < -0.3 is 10.4 Å². The minimum Gasteiger partial charge on any atom is -0.394 e. The molecule has 1 heterocycles. The van der Waals surface area contributed by atoms with Crippen LogP contribution in [0.5, 0.6) is 0 Å². The van der Waals surface area contributed by atoms with Crippen LogP contribution in [0.25, 0.3) is 0 Å². The minimum atomic E-state index is 0.0752. The second-order valence-corrected chi connectivity index (χ2v) is 3.62. The van der Waals surface area contributed by atoms with E-state index < -0.39 is 0 Å². The highest BCUT2D eigenvalue weighted by atomic mass is 79.9. The van der Waals surface area contributed by atoms with Gasteiger partial charge in [0.05, 0.1) is 17.1 Å². The lowest BCUT2D eigenvalue weighted by molar-refractivity contribution is 0.271. The maximum Gasteiger partial charge on any atom is 0.140 e. The van der Waals surface area contributed by atoms with E-state index >= 15 is 0 Å². The summed E-state index contributed by atoms with van der Waals surface area (Å²) in [5.74, 6) is 0.781. The average molecular weight is 245 g/mol. The summed E-state index contributed by atoms with van der Waals surface area (Å²) >= 11 is 3.38. The van der Waals surface area contributed by atoms with Crippen LogP contribution in [0.3, 0.4) is 0 Å². The van der Waals surface area contributed by atoms with Crippen LogP contribution in [-0.2, 0) is 0 Å². The molecule has 0 aromatic carbocycles. The van der Waals surface area contributed by atoms with Gasteiger partial charge in [-0.05, 0) is 34.5 Å². The first-order valence-electron chi connectivity index (χ1n) is 4.25. The zero-order chi connectivity index (χ0) is 9.68. The summed E-state index contributed by atoms with van der Waals surface area (Å²) in [6.07, 6.45) is 2.59. The Morgan fingerprint density at radius 2 is 2.46 bits per heavy atom. The van der Waals surface area contributed by atoms with Gasteiger partial charge in [0.2, 0.25) is 0 Å². The molecule has 0 unspecified atom stereocenters. The predicted molar refractivity (Wildman–Crippen MR) is 56.7 cm³/mol. The molecule has 0 radical (unpaired) electrons. The van der Waals surface area contributed by atoms with Gasteiger partial charge in [0.25, 0.3) is 0 Å². The normalized spacial score (nSPS) is 12.5. The third-order valence-corrected chi connectivity index (χ3v) is 2.45. The maximum atomic E-state index is 8.97. The molecule has 1 aromatic rings. The summed E-state index contributed by atoms with van der Waals surface area (Å²) in [6.45, 7) is 2.14. The van der Waals surface area contributed by atoms with Crippen LogP contribution < -0.4 is 5.32 Å². The standard InChI is InChI=1S/C9H13BrN2O/c1-2-7(6-13)12-9-8(10)4-3-5-11-9/h3-5,7,13H,2,6H2,1H3,(H,11,12)/t7-/m0/s1. The van der Waals surface area contributed by atoms with E-state index in [1.807, 2.05) is 19.1 Å². The second-order valence-electron chi connectivity index (χ2n) is 2.77. The molecule has 0 aliphatic heterocycles. The summed E-state index contributed by atoms with van der Waals surface area (Å²) < 4.78 is 0.918. The van der Waals surface area contributed by atoms with Crippen LogP contribution >= 0.6 is 15.9 Å². The number of hydrogen-bond donors (Lipinski definition) is 2. The number of nitrogens with zero attached hydrogens (tertiary/aromatic N) is 1. The molecular formula is C9H13BrN2O. The van der Waals surface area contributed by atoms with Crippen molar-refractivity contribution in [2.24, 2.45) is 0 Å². The van der Waals surface area contributed by atoms with Crippen molar-refractivity contribution in [2.45, 2.75) is 19.4 Å². The van der Waals surface area contributed by atoms with Gasteiger partial charge in [0.1, 0.15) is 5.82 Å². The SMILES string of the molecule is CC[C@@H](CO)Nc1ncccc1Br. The fourth-order valence-corrected chi connectivity index (χ4v) is 1.33. The number of rotatable bonds is 4. The Morgan fingerprint density at radius 1 is 1.69 bits per heavy atom. The average Bonchev–Trinajstić information content (AvgIpc) is 2.17. The van der Waals surface area contributed by atoms with Crippen molar-refractivity contribution < 1.29 is 5.11 Å². The van der Waals surface area contributed by atoms with Crippen molar-refractivity contribution in [1.29, 1.82) is 0 Å². The van der Waals surface area contributed by atoms with Crippen LogP contribution in [0.1, 0.15) is 13.3 Å². The van der Waals surface area contributed by atoms with Gasteiger partial charge in [-0.15, -0.1) is 0 Å². The lowest BCUT2D eigenvalue weighted by Gasteiger charge is -2.15. The number of aliphatic hydroxyl groups is 1. The van der Waals surface area contributed by atoms with Gasteiger partial charge in [-0.2, -0.15) is 0 Å². The highest BCUT2D eigenvalue weighted by Crippen LogP contribution is 2.19. The smallest absolute Gasteiger partial charge is 0.140 e. The molecule has 0 bridgehead atoms. The Bertz CT molecular complexity index is 264. The summed E-state index contributed by atoms with van der Waals surface area (Å²) in [4.78, 5) is 4.14. The number of nitrogens with one attached hydrogen (secondary N) is 1. The van der Waals surface area contributed by atoms with E-state index in [4.69, 9.17) is 5.11 Å². The Hall–Kier alpha value is -0.610. The zero-order valence-corrected chi connectivity index (χ0v) is 9.08. The molecule has 0 amide bonds. The van der Waals surface area contributed by atoms with Gasteiger partial charge >= 0.3 is 0 Å². The molecule has 13 heavy (non-hydrogen) atoms. The highest BCUT2D eigenvalue weighted by Gasteiger charge is 2.06. The molecule has 0 fully saturated rings. The second kappa shape index (κ2) is 5.19. The molecule has 3 nitrogen and oxygen atoms in total. The Morgan fingerprint density at radius 3 is 3.00 bits per heavy atom. The van der Waals surface area contributed by atoms with Crippen LogP contribution in [0.2, 0.25) is 0 Å². The van der Waals surface area contributed by atoms with Crippen molar-refractivity contribution in [1.82, 2.24) is 4.98 Å². The van der Waals surface area contributed by atoms with E-state index in [2.05, 4.69) is 26.2 Å². The highest BCUT2D eigenvalue weighted by molar-refractivity contribution is 9.10. The molecule has 4 heteroatoms. The molecule has 2 N–H and O–H groups in total. The quantitative estimate of drug-likeness (QED) is 0.853. The molecule has 0 saturated carbocycles. The minimum absolute atomic E-state index is 0.0752. The number of halogens is 1. The van der Waals surface area contributed by atoms with E-state index in [1.165, 1.54) is 0 Å². The number of hydrogen-bond acceptors (Lipinski definition) is 3. The Kier molecular flexibility index (Phi) is 4.18. The number of aliphatic hydroxyl groups excluding tert-OH is 1. The Balaban J connectivity index is 2.67. The topological polar surface area (TPSA) is 45.1 Å². The summed E-state index contributed by atoms with van der Waals surface area (Å²) in [6, 6.07) is 3.85. The van der Waals surface area contributed by atoms with Gasteiger partial charge in [-0.25, -0.2) is 4.98 Å². The van der Waals surface area contributed by atoms with Crippen LogP contribution in [0.15, 0.2) is 22.8 Å². The van der Waals surface area contributed by atoms with E-state index in [0.717, 1.165) is 16.7 Å². The third kappa shape index (κ3) is 2.97. The summed E-state index contributed by atoms with van der Waals surface area (Å²) in [7, 11) is 0. The van der Waals surface area contributed by atoms with E-state index in [-0.39, 0.29) is 12.6 Å². The first-order chi connectivity index (χ1) is 6.27. The fourth-order valence-electron chi connectivity index (χ4n) is 0.962. The van der Waals surface area contributed by atoms with Gasteiger partial charge in [0.15, 0.2) is 0 Å². The van der Waals surface area contributed by atoms with Crippen molar-refractivity contribution in [3.8, 4) is 0 Å². The molecule has 1 aromatic heterocycles. The van der Waals surface area contributed by atoms with Crippen LogP contribution in [-0.4, -0.2) is 22.7 Å². The monoisotopic (exact) mass is 244 g/mol. The largest absolute Gasteiger partial charge is 0.394 e. The van der Waals surface area contributed by atoms with Crippen LogP contribution in [0, 0.1) is 0 Å². The molecule has 0 saturated heterocycles. The molecular weight excluding hydrogens is 232 g/mol. The molecule has 72 valence electrons. The number of anilines is 1. The summed E-state index contributed by atoms with van der Waals surface area (Å²) in [5, 5.41) is 12.1. The van der Waals surface area contributed by atoms with E-state index in [1.54, 1.807) is 6.20 Å². The molecule has 0 spiro atoms. The van der Waals surface area contributed by atoms with Crippen molar-refractivity contribution in [2.75, 3.05) is 11.9 Å². The molecule has 0 aliphatic rings. The lowest BCUT2D eigenvalue weighted by Crippen LogP contribution is -2.23. The van der Waals surface area contributed by atoms with E-state index in [9.17, 15) is 0 Å². The van der Waals surface area contributed by atoms with Gasteiger partial charge in [0, 0.05) is 6.20 Å². The first kappa shape index (κ1) is 10.5. The fraction of sp³-hybridized carbons (Fsp3) is 0.444. The zero-order valence-electron chi connectivity index (χ0n) is 7.50.